The lowest BCUT2D eigenvalue weighted by atomic mass is 10.0. The summed E-state index contributed by atoms with van der Waals surface area (Å²) in [5, 5.41) is 10.6. The highest BCUT2D eigenvalue weighted by Gasteiger charge is 2.30. The van der Waals surface area contributed by atoms with E-state index in [-0.39, 0.29) is 25.7 Å². The Kier molecular flexibility index (Phi) is 69.7. The second-order valence-corrected chi connectivity index (χ2v) is 31.2. The summed E-state index contributed by atoms with van der Waals surface area (Å²) in [5.74, 6) is -1.41. The van der Waals surface area contributed by atoms with Crippen LogP contribution in [-0.4, -0.2) is 96.7 Å². The number of aliphatic hydroxyl groups excluding tert-OH is 1. The van der Waals surface area contributed by atoms with E-state index in [9.17, 15) is 43.2 Å². The molecule has 0 rings (SSSR count). The number of esters is 4. The van der Waals surface area contributed by atoms with E-state index in [2.05, 4.69) is 58.9 Å². The molecule has 0 saturated carbocycles. The molecule has 0 radical (unpaired) electrons. The van der Waals surface area contributed by atoms with E-state index in [1.807, 2.05) is 0 Å². The van der Waals surface area contributed by atoms with Crippen LogP contribution >= 0.6 is 15.6 Å². The number of aliphatic hydroxyl groups is 1. The maximum Gasteiger partial charge on any atom is 0.472 e. The van der Waals surface area contributed by atoms with Gasteiger partial charge in [0.2, 0.25) is 0 Å². The Morgan fingerprint density at radius 1 is 0.316 bits per heavy atom. The standard InChI is InChI=1S/C79H150O17P2/c1-6-9-12-15-18-21-24-27-29-30-31-32-34-36-39-44-49-54-59-64-78(83)95-74(68-90-77(82)63-58-53-48-43-38-35-33-28-25-22-19-16-13-10-7-2)70-93-97(85,86)91-66-73(80)67-92-98(87,88)94-71-75(96-79(84)65-60-55-50-45-40-41-46-51-56-61-72(4)5)69-89-76(81)62-57-52-47-42-37-26-23-20-17-14-11-8-3/h22,25,28,33,72-75,80H,6-21,23-24,26-27,29-32,34-71H2,1-5H3,(H,85,86)(H,87,88)/b25-22-,33-28-/t73-,74-,75-/m1/s1. The van der Waals surface area contributed by atoms with Gasteiger partial charge in [0.05, 0.1) is 26.4 Å². The molecule has 3 N–H and O–H groups in total. The zero-order valence-corrected chi connectivity index (χ0v) is 65.2. The highest BCUT2D eigenvalue weighted by atomic mass is 31.2. The summed E-state index contributed by atoms with van der Waals surface area (Å²) in [6, 6.07) is 0. The van der Waals surface area contributed by atoms with Crippen molar-refractivity contribution in [3.8, 4) is 0 Å². The molecular weight excluding hydrogens is 1280 g/mol. The number of hydrogen-bond donors (Lipinski definition) is 3. The fraction of sp³-hybridized carbons (Fsp3) is 0.899. The molecular formula is C79H150O17P2. The smallest absolute Gasteiger partial charge is 0.462 e. The first kappa shape index (κ1) is 95.5. The first-order valence-corrected chi connectivity index (χ1v) is 43.4. The van der Waals surface area contributed by atoms with Gasteiger partial charge in [-0.1, -0.05) is 341 Å². The van der Waals surface area contributed by atoms with Crippen molar-refractivity contribution in [2.75, 3.05) is 39.6 Å². The van der Waals surface area contributed by atoms with Crippen LogP contribution in [0.5, 0.6) is 0 Å². The number of allylic oxidation sites excluding steroid dienone is 4. The molecule has 19 heteroatoms. The lowest BCUT2D eigenvalue weighted by Gasteiger charge is -2.21. The first-order valence-electron chi connectivity index (χ1n) is 40.5. The number of hydrogen-bond acceptors (Lipinski definition) is 15. The van der Waals surface area contributed by atoms with Gasteiger partial charge in [0.1, 0.15) is 19.3 Å². The van der Waals surface area contributed by atoms with E-state index < -0.39 is 97.5 Å². The van der Waals surface area contributed by atoms with Crippen molar-refractivity contribution in [1.29, 1.82) is 0 Å². The van der Waals surface area contributed by atoms with E-state index >= 15 is 0 Å². The van der Waals surface area contributed by atoms with Gasteiger partial charge >= 0.3 is 39.5 Å². The summed E-state index contributed by atoms with van der Waals surface area (Å²) in [6.07, 6.45) is 64.6. The van der Waals surface area contributed by atoms with Crippen LogP contribution in [-0.2, 0) is 65.4 Å². The number of ether oxygens (including phenoxy) is 4. The van der Waals surface area contributed by atoms with Crippen molar-refractivity contribution in [2.24, 2.45) is 5.92 Å². The Bertz CT molecular complexity index is 1970. The number of unbranched alkanes of at least 4 members (excludes halogenated alkanes) is 46. The SMILES string of the molecule is CCCCCC/C=C\C=C/CCCCCCCC(=O)OC[C@H](COP(=O)(O)OC[C@@H](O)COP(=O)(O)OC[C@@H](COC(=O)CCCCCCCCCCCCCC)OC(=O)CCCCCCCCCCCC(C)C)OC(=O)CCCCCCCCCCCCCCCCCCCCC. The molecule has 578 valence electrons. The van der Waals surface area contributed by atoms with Gasteiger partial charge in [-0.3, -0.25) is 37.3 Å². The summed E-state index contributed by atoms with van der Waals surface area (Å²) in [7, 11) is -9.93. The quantitative estimate of drug-likeness (QED) is 0.0169. The number of phosphoric ester groups is 2. The fourth-order valence-electron chi connectivity index (χ4n) is 11.7. The molecule has 0 heterocycles. The van der Waals surface area contributed by atoms with Crippen molar-refractivity contribution < 1.29 is 80.2 Å². The van der Waals surface area contributed by atoms with Crippen molar-refractivity contribution >= 4 is 39.5 Å². The lowest BCUT2D eigenvalue weighted by molar-refractivity contribution is -0.161. The lowest BCUT2D eigenvalue weighted by Crippen LogP contribution is -2.30. The average molecular weight is 1430 g/mol. The van der Waals surface area contributed by atoms with Crippen molar-refractivity contribution in [2.45, 2.75) is 412 Å². The molecule has 0 aliphatic carbocycles. The number of phosphoric acid groups is 2. The molecule has 0 saturated heterocycles. The largest absolute Gasteiger partial charge is 0.472 e. The van der Waals surface area contributed by atoms with Crippen LogP contribution in [0.2, 0.25) is 0 Å². The topological polar surface area (TPSA) is 237 Å². The molecule has 0 aromatic heterocycles. The summed E-state index contributed by atoms with van der Waals surface area (Å²) in [5.41, 5.74) is 0. The Morgan fingerprint density at radius 2 is 0.551 bits per heavy atom. The van der Waals surface area contributed by atoms with Crippen LogP contribution in [0.25, 0.3) is 0 Å². The minimum absolute atomic E-state index is 0.102. The van der Waals surface area contributed by atoms with E-state index in [0.717, 1.165) is 115 Å². The van der Waals surface area contributed by atoms with Gasteiger partial charge in [-0.25, -0.2) is 9.13 Å². The average Bonchev–Trinajstić information content (AvgIpc) is 1.18. The summed E-state index contributed by atoms with van der Waals surface area (Å²) in [4.78, 5) is 72.9. The van der Waals surface area contributed by atoms with Gasteiger partial charge in [-0.05, 0) is 57.3 Å². The predicted molar refractivity (Wildman–Crippen MR) is 400 cm³/mol. The Hall–Kier alpha value is -2.46. The number of carbonyl (C=O) groups excluding carboxylic acids is 4. The van der Waals surface area contributed by atoms with Crippen molar-refractivity contribution in [3.05, 3.63) is 24.3 Å². The number of carbonyl (C=O) groups is 4. The molecule has 5 atom stereocenters. The number of rotatable bonds is 77. The monoisotopic (exact) mass is 1430 g/mol. The van der Waals surface area contributed by atoms with Gasteiger partial charge in [0, 0.05) is 25.7 Å². The molecule has 0 bridgehead atoms. The highest BCUT2D eigenvalue weighted by Crippen LogP contribution is 2.45. The predicted octanol–water partition coefficient (Wildman–Crippen LogP) is 23.2. The molecule has 0 aromatic rings. The maximum absolute atomic E-state index is 13.1. The minimum atomic E-state index is -4.97. The van der Waals surface area contributed by atoms with Crippen LogP contribution in [0.1, 0.15) is 394 Å². The first-order chi connectivity index (χ1) is 47.5. The molecule has 0 fully saturated rings. The van der Waals surface area contributed by atoms with E-state index in [1.165, 1.54) is 199 Å². The highest BCUT2D eigenvalue weighted by molar-refractivity contribution is 7.47. The molecule has 0 aliphatic heterocycles. The molecule has 98 heavy (non-hydrogen) atoms. The summed E-state index contributed by atoms with van der Waals surface area (Å²) < 4.78 is 68.6. The molecule has 0 aromatic carbocycles. The summed E-state index contributed by atoms with van der Waals surface area (Å²) in [6.45, 7) is 7.22. The van der Waals surface area contributed by atoms with Crippen molar-refractivity contribution in [3.63, 3.8) is 0 Å². The van der Waals surface area contributed by atoms with Gasteiger partial charge in [-0.15, -0.1) is 0 Å². The van der Waals surface area contributed by atoms with Crippen LogP contribution in [0, 0.1) is 5.92 Å². The van der Waals surface area contributed by atoms with E-state index in [4.69, 9.17) is 37.0 Å². The van der Waals surface area contributed by atoms with Crippen LogP contribution in [0.15, 0.2) is 24.3 Å². The van der Waals surface area contributed by atoms with E-state index in [0.29, 0.717) is 25.7 Å². The van der Waals surface area contributed by atoms with Gasteiger partial charge in [0.15, 0.2) is 12.2 Å². The third-order valence-corrected chi connectivity index (χ3v) is 19.8. The molecule has 0 aliphatic rings. The third-order valence-electron chi connectivity index (χ3n) is 17.9. The van der Waals surface area contributed by atoms with Crippen LogP contribution in [0.4, 0.5) is 0 Å². The second kappa shape index (κ2) is 71.5. The van der Waals surface area contributed by atoms with Crippen molar-refractivity contribution in [1.82, 2.24) is 0 Å². The Morgan fingerprint density at radius 3 is 0.837 bits per heavy atom. The molecule has 2 unspecified atom stereocenters. The van der Waals surface area contributed by atoms with Crippen LogP contribution < -0.4 is 0 Å². The zero-order chi connectivity index (χ0) is 71.9. The third kappa shape index (κ3) is 71.9. The minimum Gasteiger partial charge on any atom is -0.462 e. The molecule has 0 amide bonds. The normalized spacial score (nSPS) is 14.1. The van der Waals surface area contributed by atoms with Gasteiger partial charge in [-0.2, -0.15) is 0 Å². The zero-order valence-electron chi connectivity index (χ0n) is 63.4. The fourth-order valence-corrected chi connectivity index (χ4v) is 13.3. The van der Waals surface area contributed by atoms with E-state index in [1.54, 1.807) is 0 Å². The maximum atomic E-state index is 13.1. The molecule has 0 spiro atoms. The second-order valence-electron chi connectivity index (χ2n) is 28.2. The van der Waals surface area contributed by atoms with Gasteiger partial charge in [0.25, 0.3) is 0 Å². The molecule has 17 nitrogen and oxygen atoms in total. The Balaban J connectivity index is 5.27. The van der Waals surface area contributed by atoms with Gasteiger partial charge < -0.3 is 33.8 Å². The summed E-state index contributed by atoms with van der Waals surface area (Å²) >= 11 is 0. The Labute approximate surface area is 599 Å². The van der Waals surface area contributed by atoms with Crippen LogP contribution in [0.3, 0.4) is 0 Å².